The SMILES string of the molecule is COC(=O)COC1(c2ccncc2Br)CC2(CNC2)C1. The van der Waals surface area contributed by atoms with E-state index in [0.717, 1.165) is 36.0 Å². The van der Waals surface area contributed by atoms with Gasteiger partial charge in [-0.05, 0) is 34.8 Å². The van der Waals surface area contributed by atoms with Crippen LogP contribution in [-0.4, -0.2) is 37.8 Å². The topological polar surface area (TPSA) is 60.5 Å². The molecule has 5 nitrogen and oxygen atoms in total. The molecule has 2 fully saturated rings. The predicted octanol–water partition coefficient (Wildman–Crippen LogP) is 1.61. The molecule has 2 aliphatic rings. The highest BCUT2D eigenvalue weighted by molar-refractivity contribution is 9.10. The summed E-state index contributed by atoms with van der Waals surface area (Å²) < 4.78 is 11.6. The molecule has 1 aliphatic carbocycles. The fraction of sp³-hybridized carbons (Fsp3) is 0.571. The van der Waals surface area contributed by atoms with E-state index in [1.165, 1.54) is 7.11 Å². The number of nitrogens with one attached hydrogen (secondary N) is 1. The van der Waals surface area contributed by atoms with E-state index in [9.17, 15) is 4.79 Å². The van der Waals surface area contributed by atoms with Crippen molar-refractivity contribution < 1.29 is 14.3 Å². The smallest absolute Gasteiger partial charge is 0.331 e. The molecule has 0 bridgehead atoms. The maximum Gasteiger partial charge on any atom is 0.331 e. The van der Waals surface area contributed by atoms with E-state index in [2.05, 4.69) is 31.0 Å². The van der Waals surface area contributed by atoms with Crippen molar-refractivity contribution in [2.45, 2.75) is 18.4 Å². The van der Waals surface area contributed by atoms with Crippen LogP contribution in [0.3, 0.4) is 0 Å². The van der Waals surface area contributed by atoms with Crippen molar-refractivity contribution in [1.29, 1.82) is 0 Å². The molecular weight excluding hydrogens is 324 g/mol. The lowest BCUT2D eigenvalue weighted by atomic mass is 9.54. The average molecular weight is 341 g/mol. The van der Waals surface area contributed by atoms with E-state index >= 15 is 0 Å². The Morgan fingerprint density at radius 1 is 1.50 bits per heavy atom. The number of halogens is 1. The molecule has 1 aliphatic heterocycles. The number of carbonyl (C=O) groups excluding carboxylic acids is 1. The largest absolute Gasteiger partial charge is 0.467 e. The van der Waals surface area contributed by atoms with Crippen molar-refractivity contribution >= 4 is 21.9 Å². The molecule has 1 spiro atoms. The van der Waals surface area contributed by atoms with Gasteiger partial charge in [0.05, 0.1) is 12.7 Å². The van der Waals surface area contributed by atoms with Gasteiger partial charge in [0, 0.05) is 40.9 Å². The maximum absolute atomic E-state index is 11.4. The van der Waals surface area contributed by atoms with E-state index in [0.29, 0.717) is 5.41 Å². The fourth-order valence-corrected chi connectivity index (χ4v) is 3.87. The third-order valence-electron chi connectivity index (χ3n) is 4.28. The van der Waals surface area contributed by atoms with Crippen molar-refractivity contribution in [3.63, 3.8) is 0 Å². The first-order valence-electron chi connectivity index (χ1n) is 6.61. The Bertz CT molecular complexity index is 523. The number of aromatic nitrogens is 1. The van der Waals surface area contributed by atoms with Crippen LogP contribution in [0.15, 0.2) is 22.9 Å². The summed E-state index contributed by atoms with van der Waals surface area (Å²) in [5.41, 5.74) is 0.991. The van der Waals surface area contributed by atoms with Gasteiger partial charge in [-0.15, -0.1) is 0 Å². The van der Waals surface area contributed by atoms with Gasteiger partial charge in [0.2, 0.25) is 0 Å². The predicted molar refractivity (Wildman–Crippen MR) is 76.1 cm³/mol. The number of pyridine rings is 1. The summed E-state index contributed by atoms with van der Waals surface area (Å²) in [5, 5.41) is 3.31. The van der Waals surface area contributed by atoms with Crippen LogP contribution >= 0.6 is 15.9 Å². The molecule has 0 atom stereocenters. The quantitative estimate of drug-likeness (QED) is 0.844. The second-order valence-electron chi connectivity index (χ2n) is 5.67. The third kappa shape index (κ3) is 2.25. The summed E-state index contributed by atoms with van der Waals surface area (Å²) in [6, 6.07) is 1.96. The summed E-state index contributed by atoms with van der Waals surface area (Å²) >= 11 is 3.53. The van der Waals surface area contributed by atoms with Crippen LogP contribution in [0.5, 0.6) is 0 Å². The Labute approximate surface area is 126 Å². The number of esters is 1. The molecular formula is C14H17BrN2O3. The normalized spacial score (nSPS) is 21.9. The van der Waals surface area contributed by atoms with Gasteiger partial charge in [0.1, 0.15) is 6.61 Å². The van der Waals surface area contributed by atoms with E-state index in [1.807, 2.05) is 6.07 Å². The van der Waals surface area contributed by atoms with E-state index in [1.54, 1.807) is 12.4 Å². The van der Waals surface area contributed by atoms with Crippen LogP contribution in [0, 0.1) is 5.41 Å². The number of rotatable bonds is 4. The van der Waals surface area contributed by atoms with Gasteiger partial charge in [-0.1, -0.05) is 0 Å². The molecule has 2 heterocycles. The van der Waals surface area contributed by atoms with Crippen molar-refractivity contribution in [3.05, 3.63) is 28.5 Å². The molecule has 1 aromatic rings. The van der Waals surface area contributed by atoms with Crippen LogP contribution in [0.25, 0.3) is 0 Å². The molecule has 1 saturated carbocycles. The zero-order chi connectivity index (χ0) is 14.2. The number of hydrogen-bond acceptors (Lipinski definition) is 5. The van der Waals surface area contributed by atoms with Gasteiger partial charge >= 0.3 is 5.97 Å². The van der Waals surface area contributed by atoms with Crippen molar-refractivity contribution in [2.24, 2.45) is 5.41 Å². The number of carbonyl (C=O) groups is 1. The highest BCUT2D eigenvalue weighted by Crippen LogP contribution is 2.59. The molecule has 0 radical (unpaired) electrons. The minimum absolute atomic E-state index is 0.0191. The second-order valence-corrected chi connectivity index (χ2v) is 6.53. The van der Waals surface area contributed by atoms with E-state index < -0.39 is 5.60 Å². The number of hydrogen-bond donors (Lipinski definition) is 1. The first kappa shape index (κ1) is 14.0. The van der Waals surface area contributed by atoms with Crippen LogP contribution in [-0.2, 0) is 19.9 Å². The van der Waals surface area contributed by atoms with Crippen molar-refractivity contribution in [2.75, 3.05) is 26.8 Å². The van der Waals surface area contributed by atoms with Crippen molar-refractivity contribution in [3.8, 4) is 0 Å². The molecule has 1 aromatic heterocycles. The van der Waals surface area contributed by atoms with Gasteiger partial charge in [-0.25, -0.2) is 4.79 Å². The Morgan fingerprint density at radius 2 is 2.25 bits per heavy atom. The molecule has 6 heteroatoms. The average Bonchev–Trinajstić information content (AvgIpc) is 2.37. The maximum atomic E-state index is 11.4. The highest BCUT2D eigenvalue weighted by Gasteiger charge is 2.59. The summed E-state index contributed by atoms with van der Waals surface area (Å²) in [6.07, 6.45) is 5.37. The zero-order valence-electron chi connectivity index (χ0n) is 11.3. The molecule has 108 valence electrons. The van der Waals surface area contributed by atoms with Gasteiger partial charge < -0.3 is 14.8 Å². The van der Waals surface area contributed by atoms with Crippen molar-refractivity contribution in [1.82, 2.24) is 10.3 Å². The Balaban J connectivity index is 1.81. The van der Waals surface area contributed by atoms with Crippen LogP contribution < -0.4 is 5.32 Å². The summed E-state index contributed by atoms with van der Waals surface area (Å²) in [4.78, 5) is 15.5. The minimum Gasteiger partial charge on any atom is -0.467 e. The summed E-state index contributed by atoms with van der Waals surface area (Å²) in [5.74, 6) is -0.345. The summed E-state index contributed by atoms with van der Waals surface area (Å²) in [6.45, 7) is 2.03. The first-order chi connectivity index (χ1) is 9.59. The van der Waals surface area contributed by atoms with Gasteiger partial charge in [-0.2, -0.15) is 0 Å². The molecule has 20 heavy (non-hydrogen) atoms. The molecule has 1 saturated heterocycles. The molecule has 3 rings (SSSR count). The minimum atomic E-state index is -0.405. The summed E-state index contributed by atoms with van der Waals surface area (Å²) in [7, 11) is 1.37. The standard InChI is InChI=1S/C14H17BrN2O3/c1-19-12(18)5-20-14(6-13(7-14)8-17-9-13)10-2-3-16-4-11(10)15/h2-4,17H,5-9H2,1H3. The molecule has 0 unspecified atom stereocenters. The lowest BCUT2D eigenvalue weighted by Crippen LogP contribution is -2.66. The van der Waals surface area contributed by atoms with Gasteiger partial charge in [-0.3, -0.25) is 4.98 Å². The Hall–Kier alpha value is -0.980. The second kappa shape index (κ2) is 5.09. The monoisotopic (exact) mass is 340 g/mol. The van der Waals surface area contributed by atoms with E-state index in [4.69, 9.17) is 4.74 Å². The van der Waals surface area contributed by atoms with Gasteiger partial charge in [0.15, 0.2) is 0 Å². The zero-order valence-corrected chi connectivity index (χ0v) is 12.9. The Kier molecular flexibility index (Phi) is 3.56. The molecule has 0 aromatic carbocycles. The number of nitrogens with zero attached hydrogens (tertiary/aromatic N) is 1. The van der Waals surface area contributed by atoms with Crippen LogP contribution in [0.4, 0.5) is 0 Å². The fourth-order valence-electron chi connectivity index (χ4n) is 3.26. The number of methoxy groups -OCH3 is 1. The highest BCUT2D eigenvalue weighted by atomic mass is 79.9. The molecule has 1 N–H and O–H groups in total. The lowest BCUT2D eigenvalue weighted by Gasteiger charge is -2.60. The Morgan fingerprint density at radius 3 is 2.80 bits per heavy atom. The lowest BCUT2D eigenvalue weighted by molar-refractivity contribution is -0.201. The molecule has 0 amide bonds. The van der Waals surface area contributed by atoms with Crippen LogP contribution in [0.1, 0.15) is 18.4 Å². The van der Waals surface area contributed by atoms with Crippen LogP contribution in [0.2, 0.25) is 0 Å². The third-order valence-corrected chi connectivity index (χ3v) is 4.91. The van der Waals surface area contributed by atoms with Gasteiger partial charge in [0.25, 0.3) is 0 Å². The van der Waals surface area contributed by atoms with E-state index in [-0.39, 0.29) is 12.6 Å². The number of ether oxygens (including phenoxy) is 2. The first-order valence-corrected chi connectivity index (χ1v) is 7.40.